The zero-order valence-electron chi connectivity index (χ0n) is 8.80. The molecular weight excluding hydrogens is 227 g/mol. The smallest absolute Gasteiger partial charge is 0.467 e. The van der Waals surface area contributed by atoms with Crippen molar-refractivity contribution >= 4 is 11.9 Å². The lowest BCUT2D eigenvalue weighted by Gasteiger charge is -2.20. The van der Waals surface area contributed by atoms with Crippen molar-refractivity contribution in [3.05, 3.63) is 12.7 Å². The Morgan fingerprint density at radius 1 is 1.44 bits per heavy atom. The van der Waals surface area contributed by atoms with E-state index in [4.69, 9.17) is 0 Å². The van der Waals surface area contributed by atoms with Crippen LogP contribution in [0.25, 0.3) is 0 Å². The van der Waals surface area contributed by atoms with Crippen LogP contribution in [-0.4, -0.2) is 31.2 Å². The molecule has 1 unspecified atom stereocenters. The van der Waals surface area contributed by atoms with Gasteiger partial charge in [-0.3, -0.25) is 4.79 Å². The van der Waals surface area contributed by atoms with Gasteiger partial charge in [-0.05, 0) is 0 Å². The fourth-order valence-corrected chi connectivity index (χ4v) is 0.891. The molecule has 1 N–H and O–H groups in total. The molecule has 0 aromatic carbocycles. The van der Waals surface area contributed by atoms with Gasteiger partial charge in [0.1, 0.15) is 6.04 Å². The summed E-state index contributed by atoms with van der Waals surface area (Å²) in [7, 11) is 1.02. The molecule has 0 aliphatic rings. The normalized spacial score (nSPS) is 14.8. The molecule has 0 heterocycles. The van der Waals surface area contributed by atoms with Gasteiger partial charge in [-0.2, -0.15) is 13.2 Å². The average Bonchev–Trinajstić information content (AvgIpc) is 2.21. The first-order valence-corrected chi connectivity index (χ1v) is 4.32. The molecule has 0 aromatic rings. The Balaban J connectivity index is 4.75. The lowest BCUT2D eigenvalue weighted by molar-refractivity contribution is -0.176. The Morgan fingerprint density at radius 3 is 2.25 bits per heavy atom. The third-order valence-electron chi connectivity index (χ3n) is 1.90. The number of carbonyl (C=O) groups excluding carboxylic acids is 2. The van der Waals surface area contributed by atoms with Crippen molar-refractivity contribution in [3.8, 4) is 0 Å². The molecule has 0 rings (SSSR count). The second-order valence-electron chi connectivity index (χ2n) is 3.07. The standard InChI is InChI=1S/C9H12F3NO3/c1-4-5(2)6(7(14)16-3)13-8(15)9(10,11)12/h4-6H,1H2,2-3H3,(H,13,15)/t5-,6?/m0/s1. The van der Waals surface area contributed by atoms with E-state index in [0.29, 0.717) is 0 Å². The molecule has 16 heavy (non-hydrogen) atoms. The number of rotatable bonds is 4. The summed E-state index contributed by atoms with van der Waals surface area (Å²) in [5.41, 5.74) is 0. The second-order valence-corrected chi connectivity index (χ2v) is 3.07. The van der Waals surface area contributed by atoms with Crippen molar-refractivity contribution in [2.45, 2.75) is 19.1 Å². The first-order chi connectivity index (χ1) is 7.23. The van der Waals surface area contributed by atoms with Crippen LogP contribution in [0.5, 0.6) is 0 Å². The zero-order chi connectivity index (χ0) is 12.9. The third-order valence-corrected chi connectivity index (χ3v) is 1.90. The van der Waals surface area contributed by atoms with Gasteiger partial charge in [0.2, 0.25) is 0 Å². The molecule has 0 aliphatic heterocycles. The monoisotopic (exact) mass is 239 g/mol. The molecule has 0 saturated heterocycles. The quantitative estimate of drug-likeness (QED) is 0.588. The van der Waals surface area contributed by atoms with Crippen LogP contribution in [0, 0.1) is 5.92 Å². The van der Waals surface area contributed by atoms with Crippen molar-refractivity contribution in [1.82, 2.24) is 5.32 Å². The number of ether oxygens (including phenoxy) is 1. The van der Waals surface area contributed by atoms with Gasteiger partial charge < -0.3 is 10.1 Å². The topological polar surface area (TPSA) is 55.4 Å². The Kier molecular flexibility index (Phi) is 5.00. The van der Waals surface area contributed by atoms with Gasteiger partial charge in [0, 0.05) is 5.92 Å². The molecule has 0 aliphatic carbocycles. The van der Waals surface area contributed by atoms with Gasteiger partial charge in [0.15, 0.2) is 0 Å². The molecule has 2 atom stereocenters. The van der Waals surface area contributed by atoms with Gasteiger partial charge in [0.05, 0.1) is 7.11 Å². The van der Waals surface area contributed by atoms with Crippen LogP contribution in [0.15, 0.2) is 12.7 Å². The number of alkyl halides is 3. The van der Waals surface area contributed by atoms with E-state index < -0.39 is 30.0 Å². The molecule has 0 saturated carbocycles. The first-order valence-electron chi connectivity index (χ1n) is 4.32. The molecule has 0 aromatic heterocycles. The lowest BCUT2D eigenvalue weighted by atomic mass is 10.0. The number of amides is 1. The van der Waals surface area contributed by atoms with Crippen molar-refractivity contribution in [2.24, 2.45) is 5.92 Å². The maximum Gasteiger partial charge on any atom is 0.471 e. The molecule has 0 radical (unpaired) electrons. The predicted octanol–water partition coefficient (Wildman–Crippen LogP) is 1.03. The molecule has 0 bridgehead atoms. The minimum absolute atomic E-state index is 0.668. The summed E-state index contributed by atoms with van der Waals surface area (Å²) in [6, 6.07) is -1.39. The summed E-state index contributed by atoms with van der Waals surface area (Å²) in [6.07, 6.45) is -3.79. The van der Waals surface area contributed by atoms with E-state index in [-0.39, 0.29) is 0 Å². The number of methoxy groups -OCH3 is 1. The maximum absolute atomic E-state index is 12.0. The van der Waals surface area contributed by atoms with E-state index in [1.807, 2.05) is 0 Å². The molecule has 92 valence electrons. The number of hydrogen-bond acceptors (Lipinski definition) is 3. The fraction of sp³-hybridized carbons (Fsp3) is 0.556. The Bertz CT molecular complexity index is 288. The zero-order valence-corrected chi connectivity index (χ0v) is 8.80. The molecule has 0 fully saturated rings. The van der Waals surface area contributed by atoms with Gasteiger partial charge in [-0.1, -0.05) is 13.0 Å². The average molecular weight is 239 g/mol. The minimum Gasteiger partial charge on any atom is -0.467 e. The summed E-state index contributed by atoms with van der Waals surface area (Å²) >= 11 is 0. The van der Waals surface area contributed by atoms with Crippen molar-refractivity contribution < 1.29 is 27.5 Å². The highest BCUT2D eigenvalue weighted by Gasteiger charge is 2.41. The van der Waals surface area contributed by atoms with Crippen LogP contribution in [0.4, 0.5) is 13.2 Å². The number of carbonyl (C=O) groups is 2. The Hall–Kier alpha value is -1.53. The molecule has 1 amide bonds. The summed E-state index contributed by atoms with van der Waals surface area (Å²) in [6.45, 7) is 4.76. The molecule has 7 heteroatoms. The lowest BCUT2D eigenvalue weighted by Crippen LogP contribution is -2.49. The third kappa shape index (κ3) is 3.92. The van der Waals surface area contributed by atoms with Crippen molar-refractivity contribution in [1.29, 1.82) is 0 Å². The van der Waals surface area contributed by atoms with E-state index >= 15 is 0 Å². The highest BCUT2D eigenvalue weighted by atomic mass is 19.4. The van der Waals surface area contributed by atoms with E-state index in [2.05, 4.69) is 11.3 Å². The van der Waals surface area contributed by atoms with Crippen LogP contribution in [-0.2, 0) is 14.3 Å². The van der Waals surface area contributed by atoms with E-state index in [9.17, 15) is 22.8 Å². The highest BCUT2D eigenvalue weighted by molar-refractivity contribution is 5.87. The Labute approximate surface area is 90.5 Å². The van der Waals surface area contributed by atoms with Gasteiger partial charge in [0.25, 0.3) is 0 Å². The summed E-state index contributed by atoms with van der Waals surface area (Å²) in [4.78, 5) is 21.8. The van der Waals surface area contributed by atoms with Crippen LogP contribution in [0.2, 0.25) is 0 Å². The minimum atomic E-state index is -5.03. The maximum atomic E-state index is 12.0. The number of nitrogens with one attached hydrogen (secondary N) is 1. The molecule has 4 nitrogen and oxygen atoms in total. The van der Waals surface area contributed by atoms with Crippen LogP contribution in [0.3, 0.4) is 0 Å². The summed E-state index contributed by atoms with van der Waals surface area (Å²) < 4.78 is 40.1. The van der Waals surface area contributed by atoms with Crippen LogP contribution >= 0.6 is 0 Å². The van der Waals surface area contributed by atoms with Gasteiger partial charge >= 0.3 is 18.1 Å². The molecule has 0 spiro atoms. The highest BCUT2D eigenvalue weighted by Crippen LogP contribution is 2.16. The number of halogens is 3. The first kappa shape index (κ1) is 14.5. The fourth-order valence-electron chi connectivity index (χ4n) is 0.891. The van der Waals surface area contributed by atoms with Crippen LogP contribution < -0.4 is 5.32 Å². The number of hydrogen-bond donors (Lipinski definition) is 1. The number of esters is 1. The van der Waals surface area contributed by atoms with E-state index in [1.165, 1.54) is 13.0 Å². The van der Waals surface area contributed by atoms with Gasteiger partial charge in [-0.25, -0.2) is 4.79 Å². The summed E-state index contributed by atoms with van der Waals surface area (Å²) in [5.74, 6) is -3.81. The van der Waals surface area contributed by atoms with Gasteiger partial charge in [-0.15, -0.1) is 6.58 Å². The Morgan fingerprint density at radius 2 is 1.94 bits per heavy atom. The van der Waals surface area contributed by atoms with Crippen LogP contribution in [0.1, 0.15) is 6.92 Å². The van der Waals surface area contributed by atoms with E-state index in [1.54, 1.807) is 5.32 Å². The van der Waals surface area contributed by atoms with E-state index in [0.717, 1.165) is 7.11 Å². The largest absolute Gasteiger partial charge is 0.471 e. The SMILES string of the molecule is C=C[C@H](C)C(NC(=O)C(F)(F)F)C(=O)OC. The van der Waals surface area contributed by atoms with Crippen molar-refractivity contribution in [3.63, 3.8) is 0 Å². The predicted molar refractivity (Wildman–Crippen MR) is 49.4 cm³/mol. The second kappa shape index (κ2) is 5.53. The van der Waals surface area contributed by atoms with Crippen molar-refractivity contribution in [2.75, 3.05) is 7.11 Å². The summed E-state index contributed by atoms with van der Waals surface area (Å²) in [5, 5.41) is 1.55. The molecular formula is C9H12F3NO3.